The fraction of sp³-hybridized carbons (Fsp3) is 0.846. The molecule has 7 nitrogen and oxygen atoms in total. The second-order valence-electron chi connectivity index (χ2n) is 4.44. The molecule has 0 aliphatic rings. The fourth-order valence-electron chi connectivity index (χ4n) is 1.38. The first-order valence-electron chi connectivity index (χ1n) is 6.80. The quantitative estimate of drug-likeness (QED) is 0.331. The first kappa shape index (κ1) is 18.8. The molecule has 0 saturated carbocycles. The lowest BCUT2D eigenvalue weighted by Crippen LogP contribution is -2.19. The van der Waals surface area contributed by atoms with E-state index >= 15 is 0 Å². The zero-order valence-corrected chi connectivity index (χ0v) is 11.6. The molecule has 0 rings (SSSR count). The molecular formula is C13H24O7. The van der Waals surface area contributed by atoms with Gasteiger partial charge >= 0.3 is 11.9 Å². The summed E-state index contributed by atoms with van der Waals surface area (Å²) in [5.74, 6) is -1.17. The molecule has 0 heterocycles. The minimum absolute atomic E-state index is 0.0737. The lowest BCUT2D eigenvalue weighted by Gasteiger charge is -2.08. The summed E-state index contributed by atoms with van der Waals surface area (Å²) in [6, 6.07) is 0. The highest BCUT2D eigenvalue weighted by molar-refractivity contribution is 5.69. The van der Waals surface area contributed by atoms with Crippen molar-refractivity contribution in [2.75, 3.05) is 26.4 Å². The number of ether oxygens (including phenoxy) is 2. The second-order valence-corrected chi connectivity index (χ2v) is 4.44. The second kappa shape index (κ2) is 12.8. The molecule has 0 aromatic heterocycles. The van der Waals surface area contributed by atoms with E-state index in [0.29, 0.717) is 38.9 Å². The summed E-state index contributed by atoms with van der Waals surface area (Å²) in [7, 11) is 0. The van der Waals surface area contributed by atoms with Gasteiger partial charge in [0.25, 0.3) is 0 Å². The van der Waals surface area contributed by atoms with Crippen LogP contribution < -0.4 is 0 Å². The van der Waals surface area contributed by atoms with Gasteiger partial charge in [0.15, 0.2) is 0 Å². The molecule has 0 bridgehead atoms. The number of aliphatic hydroxyl groups is 2. The average molecular weight is 292 g/mol. The number of esters is 1. The van der Waals surface area contributed by atoms with Crippen LogP contribution in [0.25, 0.3) is 0 Å². The summed E-state index contributed by atoms with van der Waals surface area (Å²) in [4.78, 5) is 21.5. The van der Waals surface area contributed by atoms with Gasteiger partial charge in [0.1, 0.15) is 6.10 Å². The monoisotopic (exact) mass is 292 g/mol. The number of carbonyl (C=O) groups is 2. The van der Waals surface area contributed by atoms with Crippen LogP contribution in [-0.4, -0.2) is 59.8 Å². The van der Waals surface area contributed by atoms with E-state index < -0.39 is 12.1 Å². The van der Waals surface area contributed by atoms with Crippen molar-refractivity contribution in [3.8, 4) is 0 Å². The van der Waals surface area contributed by atoms with Gasteiger partial charge in [0.2, 0.25) is 0 Å². The van der Waals surface area contributed by atoms with Crippen LogP contribution >= 0.6 is 0 Å². The number of aliphatic hydroxyl groups excluding tert-OH is 2. The van der Waals surface area contributed by atoms with Crippen LogP contribution in [0.5, 0.6) is 0 Å². The van der Waals surface area contributed by atoms with Crippen LogP contribution in [0.3, 0.4) is 0 Å². The third kappa shape index (κ3) is 13.3. The van der Waals surface area contributed by atoms with Crippen molar-refractivity contribution in [3.63, 3.8) is 0 Å². The van der Waals surface area contributed by atoms with Crippen LogP contribution in [-0.2, 0) is 19.1 Å². The van der Waals surface area contributed by atoms with Crippen molar-refractivity contribution in [2.45, 2.75) is 44.6 Å². The Balaban J connectivity index is 3.25. The number of hydrogen-bond acceptors (Lipinski definition) is 6. The van der Waals surface area contributed by atoms with Gasteiger partial charge < -0.3 is 24.8 Å². The Kier molecular flexibility index (Phi) is 12.1. The zero-order chi connectivity index (χ0) is 15.2. The van der Waals surface area contributed by atoms with Crippen molar-refractivity contribution in [2.24, 2.45) is 0 Å². The number of carbonyl (C=O) groups excluding carboxylic acids is 1. The van der Waals surface area contributed by atoms with Gasteiger partial charge in [-0.2, -0.15) is 0 Å². The molecule has 7 heteroatoms. The molecule has 0 aromatic carbocycles. The number of aliphatic carboxylic acids is 1. The molecule has 0 aliphatic heterocycles. The van der Waals surface area contributed by atoms with Crippen molar-refractivity contribution in [1.82, 2.24) is 0 Å². The molecule has 118 valence electrons. The van der Waals surface area contributed by atoms with E-state index in [0.717, 1.165) is 0 Å². The van der Waals surface area contributed by atoms with Crippen molar-refractivity contribution in [1.29, 1.82) is 0 Å². The molecule has 20 heavy (non-hydrogen) atoms. The minimum atomic E-state index is -0.857. The standard InChI is InChI=1S/C13H24O7/c14-9-11(15)10-19-7-3-4-8-20-13(18)6-2-1-5-12(16)17/h11,14-15H,1-10H2,(H,16,17). The van der Waals surface area contributed by atoms with Crippen LogP contribution in [0.15, 0.2) is 0 Å². The predicted molar refractivity (Wildman–Crippen MR) is 70.2 cm³/mol. The van der Waals surface area contributed by atoms with Crippen molar-refractivity contribution in [3.05, 3.63) is 0 Å². The van der Waals surface area contributed by atoms with Gasteiger partial charge in [0, 0.05) is 19.4 Å². The summed E-state index contributed by atoms with van der Waals surface area (Å²) in [6.07, 6.45) is 1.83. The fourth-order valence-corrected chi connectivity index (χ4v) is 1.38. The largest absolute Gasteiger partial charge is 0.481 e. The number of carboxylic acids is 1. The van der Waals surface area contributed by atoms with E-state index in [1.165, 1.54) is 0 Å². The molecule has 0 spiro atoms. The van der Waals surface area contributed by atoms with Crippen LogP contribution in [0.2, 0.25) is 0 Å². The van der Waals surface area contributed by atoms with Gasteiger partial charge in [-0.1, -0.05) is 0 Å². The lowest BCUT2D eigenvalue weighted by atomic mass is 10.2. The summed E-state index contributed by atoms with van der Waals surface area (Å²) >= 11 is 0. The van der Waals surface area contributed by atoms with E-state index in [2.05, 4.69) is 0 Å². The van der Waals surface area contributed by atoms with Crippen LogP contribution in [0, 0.1) is 0 Å². The van der Waals surface area contributed by atoms with Crippen LogP contribution in [0.4, 0.5) is 0 Å². The molecule has 0 aliphatic carbocycles. The Morgan fingerprint density at radius 2 is 1.65 bits per heavy atom. The average Bonchev–Trinajstić information content (AvgIpc) is 2.42. The Morgan fingerprint density at radius 3 is 2.30 bits per heavy atom. The van der Waals surface area contributed by atoms with Gasteiger partial charge in [0.05, 0.1) is 19.8 Å². The Hall–Kier alpha value is -1.18. The lowest BCUT2D eigenvalue weighted by molar-refractivity contribution is -0.144. The van der Waals surface area contributed by atoms with E-state index in [9.17, 15) is 9.59 Å². The van der Waals surface area contributed by atoms with Gasteiger partial charge in [-0.15, -0.1) is 0 Å². The summed E-state index contributed by atoms with van der Waals surface area (Å²) in [5.41, 5.74) is 0. The van der Waals surface area contributed by atoms with Gasteiger partial charge in [-0.25, -0.2) is 0 Å². The smallest absolute Gasteiger partial charge is 0.305 e. The molecule has 0 radical (unpaired) electrons. The Morgan fingerprint density at radius 1 is 1.00 bits per heavy atom. The Labute approximate surface area is 118 Å². The molecule has 0 amide bonds. The van der Waals surface area contributed by atoms with Crippen LogP contribution in [0.1, 0.15) is 38.5 Å². The molecule has 0 fully saturated rings. The maximum atomic E-state index is 11.2. The van der Waals surface area contributed by atoms with Gasteiger partial charge in [-0.05, 0) is 25.7 Å². The zero-order valence-electron chi connectivity index (χ0n) is 11.6. The normalized spacial score (nSPS) is 12.1. The molecule has 1 unspecified atom stereocenters. The Bertz CT molecular complexity index is 267. The molecular weight excluding hydrogens is 268 g/mol. The topological polar surface area (TPSA) is 113 Å². The maximum Gasteiger partial charge on any atom is 0.305 e. The number of hydrogen-bond donors (Lipinski definition) is 3. The van der Waals surface area contributed by atoms with Gasteiger partial charge in [-0.3, -0.25) is 9.59 Å². The summed E-state index contributed by atoms with van der Waals surface area (Å²) in [5, 5.41) is 25.9. The predicted octanol–water partition coefficient (Wildman–Crippen LogP) is 0.325. The minimum Gasteiger partial charge on any atom is -0.481 e. The highest BCUT2D eigenvalue weighted by atomic mass is 16.5. The maximum absolute atomic E-state index is 11.2. The first-order chi connectivity index (χ1) is 9.56. The molecule has 3 N–H and O–H groups in total. The third-order valence-corrected chi connectivity index (χ3v) is 2.49. The summed E-state index contributed by atoms with van der Waals surface area (Å²) < 4.78 is 10.1. The number of unbranched alkanes of at least 4 members (excludes halogenated alkanes) is 2. The van der Waals surface area contributed by atoms with E-state index in [4.69, 9.17) is 24.8 Å². The number of carboxylic acid groups (broad SMARTS) is 1. The first-order valence-corrected chi connectivity index (χ1v) is 6.80. The SMILES string of the molecule is O=C(O)CCCCC(=O)OCCCCOCC(O)CO. The van der Waals surface area contributed by atoms with E-state index in [1.807, 2.05) is 0 Å². The summed E-state index contributed by atoms with van der Waals surface area (Å²) in [6.45, 7) is 0.524. The third-order valence-electron chi connectivity index (χ3n) is 2.49. The van der Waals surface area contributed by atoms with Crippen molar-refractivity contribution >= 4 is 11.9 Å². The van der Waals surface area contributed by atoms with Crippen molar-refractivity contribution < 1.29 is 34.4 Å². The van der Waals surface area contributed by atoms with E-state index in [1.54, 1.807) is 0 Å². The highest BCUT2D eigenvalue weighted by Crippen LogP contribution is 2.02. The molecule has 0 saturated heterocycles. The van der Waals surface area contributed by atoms with E-state index in [-0.39, 0.29) is 32.0 Å². The number of rotatable bonds is 13. The highest BCUT2D eigenvalue weighted by Gasteiger charge is 2.04. The molecule has 1 atom stereocenters. The molecule has 0 aromatic rings.